The molecule has 4 heteroatoms. The van der Waals surface area contributed by atoms with Gasteiger partial charge in [-0.1, -0.05) is 13.0 Å². The first-order valence-electron chi connectivity index (χ1n) is 4.87. The van der Waals surface area contributed by atoms with E-state index in [0.717, 1.165) is 6.42 Å². The van der Waals surface area contributed by atoms with E-state index in [0.29, 0.717) is 17.0 Å². The lowest BCUT2D eigenvalue weighted by atomic mass is 9.97. The highest BCUT2D eigenvalue weighted by Crippen LogP contribution is 2.34. The van der Waals surface area contributed by atoms with E-state index in [4.69, 9.17) is 5.73 Å². The molecule has 15 heavy (non-hydrogen) atoms. The van der Waals surface area contributed by atoms with E-state index in [-0.39, 0.29) is 17.5 Å². The lowest BCUT2D eigenvalue weighted by Gasteiger charge is -2.14. The van der Waals surface area contributed by atoms with Crippen LogP contribution in [0, 0.1) is 5.82 Å². The van der Waals surface area contributed by atoms with E-state index in [9.17, 15) is 9.50 Å². The SMILES string of the molecule is CSc1c(O)ccc(C(C)CCN)c1F. The lowest BCUT2D eigenvalue weighted by Crippen LogP contribution is -2.06. The number of nitrogens with two attached hydrogens (primary N) is 1. The van der Waals surface area contributed by atoms with Gasteiger partial charge in [0, 0.05) is 0 Å². The minimum atomic E-state index is -0.316. The third-order valence-electron chi connectivity index (χ3n) is 2.44. The Morgan fingerprint density at radius 3 is 2.73 bits per heavy atom. The second kappa shape index (κ2) is 5.37. The summed E-state index contributed by atoms with van der Waals surface area (Å²) < 4.78 is 13.9. The molecule has 84 valence electrons. The molecule has 0 saturated heterocycles. The van der Waals surface area contributed by atoms with Crippen LogP contribution in [-0.4, -0.2) is 17.9 Å². The molecule has 1 rings (SSSR count). The van der Waals surface area contributed by atoms with Crippen LogP contribution in [0.5, 0.6) is 5.75 Å². The van der Waals surface area contributed by atoms with Crippen molar-refractivity contribution in [1.29, 1.82) is 0 Å². The van der Waals surface area contributed by atoms with Crippen LogP contribution >= 0.6 is 11.8 Å². The number of hydrogen-bond acceptors (Lipinski definition) is 3. The Bertz CT molecular complexity index is 344. The van der Waals surface area contributed by atoms with Gasteiger partial charge in [-0.2, -0.15) is 0 Å². The second-order valence-corrected chi connectivity index (χ2v) is 4.32. The summed E-state index contributed by atoms with van der Waals surface area (Å²) in [5, 5.41) is 9.44. The first-order chi connectivity index (χ1) is 7.11. The maximum Gasteiger partial charge on any atom is 0.143 e. The summed E-state index contributed by atoms with van der Waals surface area (Å²) in [7, 11) is 0. The zero-order valence-corrected chi connectivity index (χ0v) is 9.77. The van der Waals surface area contributed by atoms with Gasteiger partial charge in [-0.05, 0) is 36.8 Å². The molecule has 1 aromatic rings. The van der Waals surface area contributed by atoms with E-state index < -0.39 is 0 Å². The van der Waals surface area contributed by atoms with Crippen molar-refractivity contribution in [3.63, 3.8) is 0 Å². The quantitative estimate of drug-likeness (QED) is 0.780. The molecule has 0 amide bonds. The Labute approximate surface area is 93.7 Å². The average molecular weight is 229 g/mol. The Kier molecular flexibility index (Phi) is 4.42. The molecule has 0 heterocycles. The number of aromatic hydroxyl groups is 1. The molecule has 2 nitrogen and oxygen atoms in total. The average Bonchev–Trinajstić information content (AvgIpc) is 2.18. The summed E-state index contributed by atoms with van der Waals surface area (Å²) in [6.07, 6.45) is 2.49. The van der Waals surface area contributed by atoms with Crippen molar-refractivity contribution < 1.29 is 9.50 Å². The highest BCUT2D eigenvalue weighted by molar-refractivity contribution is 7.98. The third-order valence-corrected chi connectivity index (χ3v) is 3.24. The number of phenols is 1. The molecular formula is C11H16FNOS. The molecule has 3 N–H and O–H groups in total. The maximum atomic E-state index is 13.9. The summed E-state index contributed by atoms with van der Waals surface area (Å²) in [6, 6.07) is 3.17. The Morgan fingerprint density at radius 2 is 2.20 bits per heavy atom. The maximum absolute atomic E-state index is 13.9. The van der Waals surface area contributed by atoms with E-state index in [2.05, 4.69) is 0 Å². The highest BCUT2D eigenvalue weighted by Gasteiger charge is 2.16. The highest BCUT2D eigenvalue weighted by atomic mass is 32.2. The number of halogens is 1. The van der Waals surface area contributed by atoms with Gasteiger partial charge >= 0.3 is 0 Å². The molecule has 0 spiro atoms. The van der Waals surface area contributed by atoms with Gasteiger partial charge in [-0.25, -0.2) is 4.39 Å². The summed E-state index contributed by atoms with van der Waals surface area (Å²) in [6.45, 7) is 2.47. The van der Waals surface area contributed by atoms with E-state index in [1.54, 1.807) is 12.3 Å². The lowest BCUT2D eigenvalue weighted by molar-refractivity contribution is 0.445. The molecule has 1 unspecified atom stereocenters. The molecule has 0 radical (unpaired) electrons. The fraction of sp³-hybridized carbons (Fsp3) is 0.455. The molecule has 0 aliphatic rings. The zero-order chi connectivity index (χ0) is 11.4. The third kappa shape index (κ3) is 2.63. The van der Waals surface area contributed by atoms with Crippen LogP contribution in [0.2, 0.25) is 0 Å². The number of thioether (sulfide) groups is 1. The molecule has 0 bridgehead atoms. The van der Waals surface area contributed by atoms with Crippen LogP contribution in [0.1, 0.15) is 24.8 Å². The predicted octanol–water partition coefficient (Wildman–Crippen LogP) is 2.71. The first-order valence-corrected chi connectivity index (χ1v) is 6.09. The second-order valence-electron chi connectivity index (χ2n) is 3.50. The normalized spacial score (nSPS) is 12.8. The first kappa shape index (κ1) is 12.3. The van der Waals surface area contributed by atoms with Crippen LogP contribution < -0.4 is 5.73 Å². The van der Waals surface area contributed by atoms with Gasteiger partial charge in [-0.3, -0.25) is 0 Å². The van der Waals surface area contributed by atoms with Crippen molar-refractivity contribution in [2.45, 2.75) is 24.2 Å². The minimum Gasteiger partial charge on any atom is -0.507 e. The summed E-state index contributed by atoms with van der Waals surface area (Å²) in [5.41, 5.74) is 6.07. The topological polar surface area (TPSA) is 46.2 Å². The Hall–Kier alpha value is -0.740. The van der Waals surface area contributed by atoms with Crippen molar-refractivity contribution in [1.82, 2.24) is 0 Å². The van der Waals surface area contributed by atoms with Crippen molar-refractivity contribution in [2.75, 3.05) is 12.8 Å². The van der Waals surface area contributed by atoms with E-state index in [1.165, 1.54) is 17.8 Å². The van der Waals surface area contributed by atoms with Crippen LogP contribution in [0.3, 0.4) is 0 Å². The van der Waals surface area contributed by atoms with Crippen LogP contribution in [-0.2, 0) is 0 Å². The summed E-state index contributed by atoms with van der Waals surface area (Å²) >= 11 is 1.22. The van der Waals surface area contributed by atoms with Gasteiger partial charge in [0.2, 0.25) is 0 Å². The monoisotopic (exact) mass is 229 g/mol. The molecule has 0 saturated carbocycles. The largest absolute Gasteiger partial charge is 0.507 e. The molecular weight excluding hydrogens is 213 g/mol. The van der Waals surface area contributed by atoms with Crippen molar-refractivity contribution in [2.24, 2.45) is 5.73 Å². The predicted molar refractivity (Wildman–Crippen MR) is 61.9 cm³/mol. The van der Waals surface area contributed by atoms with E-state index >= 15 is 0 Å². The fourth-order valence-electron chi connectivity index (χ4n) is 1.54. The van der Waals surface area contributed by atoms with Crippen molar-refractivity contribution in [3.8, 4) is 5.75 Å². The Balaban J connectivity index is 3.09. The molecule has 0 aromatic heterocycles. The molecule has 0 fully saturated rings. The number of benzene rings is 1. The minimum absolute atomic E-state index is 0.00342. The number of phenolic OH excluding ortho intramolecular Hbond substituents is 1. The molecule has 0 aliphatic heterocycles. The van der Waals surface area contributed by atoms with Gasteiger partial charge in [0.15, 0.2) is 0 Å². The van der Waals surface area contributed by atoms with Crippen LogP contribution in [0.15, 0.2) is 17.0 Å². The summed E-state index contributed by atoms with van der Waals surface area (Å²) in [4.78, 5) is 0.316. The van der Waals surface area contributed by atoms with Gasteiger partial charge in [0.1, 0.15) is 11.6 Å². The van der Waals surface area contributed by atoms with Crippen molar-refractivity contribution >= 4 is 11.8 Å². The molecule has 0 aliphatic carbocycles. The van der Waals surface area contributed by atoms with Gasteiger partial charge in [0.05, 0.1) is 4.90 Å². The van der Waals surface area contributed by atoms with Gasteiger partial charge in [-0.15, -0.1) is 11.8 Å². The standard InChI is InChI=1S/C11H16FNOS/c1-7(5-6-13)8-3-4-9(14)11(15-2)10(8)12/h3-4,7,14H,5-6,13H2,1-2H3. The zero-order valence-electron chi connectivity index (χ0n) is 8.96. The number of rotatable bonds is 4. The van der Waals surface area contributed by atoms with Crippen LogP contribution in [0.4, 0.5) is 4.39 Å². The number of hydrogen-bond donors (Lipinski definition) is 2. The molecule has 1 aromatic carbocycles. The fourth-order valence-corrected chi connectivity index (χ4v) is 2.12. The molecule has 1 atom stereocenters. The van der Waals surface area contributed by atoms with E-state index in [1.807, 2.05) is 6.92 Å². The van der Waals surface area contributed by atoms with Crippen LogP contribution in [0.25, 0.3) is 0 Å². The van der Waals surface area contributed by atoms with Gasteiger partial charge < -0.3 is 10.8 Å². The smallest absolute Gasteiger partial charge is 0.143 e. The van der Waals surface area contributed by atoms with Crippen molar-refractivity contribution in [3.05, 3.63) is 23.5 Å². The van der Waals surface area contributed by atoms with Gasteiger partial charge in [0.25, 0.3) is 0 Å². The summed E-state index contributed by atoms with van der Waals surface area (Å²) in [5.74, 6) is -0.228. The Morgan fingerprint density at radius 1 is 1.53 bits per heavy atom.